The first-order chi connectivity index (χ1) is 3.41. The fraction of sp³-hybridized carbons (Fsp3) is 0.667. The lowest BCUT2D eigenvalue weighted by atomic mass is 10.2. The van der Waals surface area contributed by atoms with Gasteiger partial charge in [-0.15, -0.1) is 0 Å². The molecule has 0 fully saturated rings. The van der Waals surface area contributed by atoms with Crippen LogP contribution in [0.3, 0.4) is 0 Å². The minimum atomic E-state index is 1.18. The second kappa shape index (κ2) is 6.09. The fourth-order valence-corrected chi connectivity index (χ4v) is 0.546. The molecule has 0 aromatic carbocycles. The van der Waals surface area contributed by atoms with Crippen LogP contribution >= 0.6 is 12.6 Å². The average molecular weight is 116 g/mol. The number of rotatable bonds is 3. The van der Waals surface area contributed by atoms with Crippen LogP contribution in [0.25, 0.3) is 0 Å². The third-order valence-corrected chi connectivity index (χ3v) is 1.04. The summed E-state index contributed by atoms with van der Waals surface area (Å²) in [7, 11) is 0. The van der Waals surface area contributed by atoms with E-state index in [1.807, 2.05) is 0 Å². The molecule has 0 unspecified atom stereocenters. The molecule has 0 nitrogen and oxygen atoms in total. The number of hydrogen-bond donors (Lipinski definition) is 1. The van der Waals surface area contributed by atoms with E-state index < -0.39 is 0 Å². The lowest BCUT2D eigenvalue weighted by Crippen LogP contribution is -1.63. The highest BCUT2D eigenvalue weighted by Gasteiger charge is 1.73. The van der Waals surface area contributed by atoms with E-state index in [1.165, 1.54) is 19.3 Å². The Bertz CT molecular complexity index is 48.1. The molecule has 1 heteroatoms. The van der Waals surface area contributed by atoms with Crippen molar-refractivity contribution < 1.29 is 0 Å². The number of thiol groups is 1. The van der Waals surface area contributed by atoms with Crippen LogP contribution in [0.1, 0.15) is 26.2 Å². The minimum Gasteiger partial charge on any atom is -0.152 e. The van der Waals surface area contributed by atoms with E-state index in [0.717, 1.165) is 0 Å². The fourth-order valence-electron chi connectivity index (χ4n) is 0.397. The molecule has 0 bridgehead atoms. The second-order valence-electron chi connectivity index (χ2n) is 1.53. The van der Waals surface area contributed by atoms with Crippen molar-refractivity contribution in [3.05, 3.63) is 11.5 Å². The van der Waals surface area contributed by atoms with Gasteiger partial charge in [0.15, 0.2) is 0 Å². The first-order valence-electron chi connectivity index (χ1n) is 2.71. The maximum Gasteiger partial charge on any atom is -0.0343 e. The molecule has 0 N–H and O–H groups in total. The summed E-state index contributed by atoms with van der Waals surface area (Å²) in [4.78, 5) is 0. The molecule has 7 heavy (non-hydrogen) atoms. The van der Waals surface area contributed by atoms with Crippen molar-refractivity contribution in [2.45, 2.75) is 26.2 Å². The lowest BCUT2D eigenvalue weighted by molar-refractivity contribution is 0.815. The molecular formula is C6H12S. The summed E-state index contributed by atoms with van der Waals surface area (Å²) in [6.07, 6.45) is 5.82. The van der Waals surface area contributed by atoms with Gasteiger partial charge in [-0.05, 0) is 11.8 Å². The molecule has 0 amide bonds. The van der Waals surface area contributed by atoms with Gasteiger partial charge in [-0.2, -0.15) is 12.6 Å². The van der Waals surface area contributed by atoms with Gasteiger partial charge >= 0.3 is 0 Å². The van der Waals surface area contributed by atoms with Crippen molar-refractivity contribution in [3.63, 3.8) is 0 Å². The Hall–Kier alpha value is 0.0900. The van der Waals surface area contributed by atoms with E-state index in [0.29, 0.717) is 0 Å². The molecule has 0 aliphatic rings. The Balaban J connectivity index is 2.69. The molecule has 0 saturated carbocycles. The molecule has 0 aliphatic heterocycles. The molecule has 0 aliphatic carbocycles. The smallest absolute Gasteiger partial charge is 0.0343 e. The summed E-state index contributed by atoms with van der Waals surface area (Å²) < 4.78 is 0. The van der Waals surface area contributed by atoms with Crippen molar-refractivity contribution in [2.75, 3.05) is 0 Å². The van der Waals surface area contributed by atoms with E-state index in [1.54, 1.807) is 5.41 Å². The van der Waals surface area contributed by atoms with E-state index in [-0.39, 0.29) is 0 Å². The second-order valence-corrected chi connectivity index (χ2v) is 1.83. The van der Waals surface area contributed by atoms with Gasteiger partial charge < -0.3 is 0 Å². The molecule has 0 aromatic rings. The predicted molar refractivity (Wildman–Crippen MR) is 37.7 cm³/mol. The SMILES string of the molecule is CCCC/C=C/S. The molecule has 0 spiro atoms. The zero-order chi connectivity index (χ0) is 5.54. The Morgan fingerprint density at radius 2 is 2.29 bits per heavy atom. The predicted octanol–water partition coefficient (Wildman–Crippen LogP) is 2.62. The van der Waals surface area contributed by atoms with Crippen molar-refractivity contribution in [1.82, 2.24) is 0 Å². The molecule has 0 aromatic heterocycles. The summed E-state index contributed by atoms with van der Waals surface area (Å²) >= 11 is 3.91. The lowest BCUT2D eigenvalue weighted by Gasteiger charge is -1.83. The van der Waals surface area contributed by atoms with E-state index in [4.69, 9.17) is 0 Å². The Kier molecular flexibility index (Phi) is 6.17. The highest BCUT2D eigenvalue weighted by molar-refractivity contribution is 7.83. The van der Waals surface area contributed by atoms with Crippen molar-refractivity contribution in [2.24, 2.45) is 0 Å². The summed E-state index contributed by atoms with van der Waals surface area (Å²) in [5.74, 6) is 0. The van der Waals surface area contributed by atoms with Gasteiger partial charge in [0.25, 0.3) is 0 Å². The third-order valence-electron chi connectivity index (χ3n) is 0.830. The van der Waals surface area contributed by atoms with E-state index in [9.17, 15) is 0 Å². The summed E-state index contributed by atoms with van der Waals surface area (Å²) in [5.41, 5.74) is 0. The van der Waals surface area contributed by atoms with Crippen molar-refractivity contribution in [3.8, 4) is 0 Å². The van der Waals surface area contributed by atoms with E-state index in [2.05, 4.69) is 25.6 Å². The number of hydrogen-bond acceptors (Lipinski definition) is 1. The van der Waals surface area contributed by atoms with Crippen LogP contribution in [-0.4, -0.2) is 0 Å². The third kappa shape index (κ3) is 6.09. The van der Waals surface area contributed by atoms with E-state index >= 15 is 0 Å². The van der Waals surface area contributed by atoms with Crippen LogP contribution in [0, 0.1) is 0 Å². The van der Waals surface area contributed by atoms with Gasteiger partial charge in [0.1, 0.15) is 0 Å². The van der Waals surface area contributed by atoms with Crippen LogP contribution in [0.4, 0.5) is 0 Å². The maximum absolute atomic E-state index is 3.91. The monoisotopic (exact) mass is 116 g/mol. The average Bonchev–Trinajstić information content (AvgIpc) is 1.69. The molecule has 0 rings (SSSR count). The molecule has 0 saturated heterocycles. The van der Waals surface area contributed by atoms with Gasteiger partial charge in [0.2, 0.25) is 0 Å². The van der Waals surface area contributed by atoms with Crippen molar-refractivity contribution >= 4 is 12.6 Å². The number of unbranched alkanes of at least 4 members (excludes halogenated alkanes) is 2. The Morgan fingerprint density at radius 1 is 1.57 bits per heavy atom. The summed E-state index contributed by atoms with van der Waals surface area (Å²) in [6, 6.07) is 0. The van der Waals surface area contributed by atoms with Crippen LogP contribution in [0.15, 0.2) is 11.5 Å². The maximum atomic E-state index is 3.91. The largest absolute Gasteiger partial charge is 0.152 e. The molecule has 42 valence electrons. The summed E-state index contributed by atoms with van der Waals surface area (Å²) in [6.45, 7) is 2.19. The van der Waals surface area contributed by atoms with Gasteiger partial charge in [0.05, 0.1) is 0 Å². The highest BCUT2D eigenvalue weighted by Crippen LogP contribution is 1.94. The first kappa shape index (κ1) is 7.09. The molecule has 0 heterocycles. The van der Waals surface area contributed by atoms with Crippen LogP contribution in [0.2, 0.25) is 0 Å². The standard InChI is InChI=1S/C6H12S/c1-2-3-4-5-6-7/h5-7H,2-4H2,1H3/b6-5+. The van der Waals surface area contributed by atoms with Crippen LogP contribution in [-0.2, 0) is 0 Å². The highest BCUT2D eigenvalue weighted by atomic mass is 32.1. The van der Waals surface area contributed by atoms with Gasteiger partial charge in [-0.3, -0.25) is 0 Å². The zero-order valence-corrected chi connectivity index (χ0v) is 5.62. The molecular weight excluding hydrogens is 104 g/mol. The Morgan fingerprint density at radius 3 is 2.71 bits per heavy atom. The van der Waals surface area contributed by atoms with Gasteiger partial charge in [-0.1, -0.05) is 25.8 Å². The quantitative estimate of drug-likeness (QED) is 0.425. The molecule has 0 radical (unpaired) electrons. The molecule has 0 atom stereocenters. The van der Waals surface area contributed by atoms with Crippen molar-refractivity contribution in [1.29, 1.82) is 0 Å². The van der Waals surface area contributed by atoms with Crippen LogP contribution in [0.5, 0.6) is 0 Å². The topological polar surface area (TPSA) is 0 Å². The van der Waals surface area contributed by atoms with Gasteiger partial charge in [0, 0.05) is 0 Å². The summed E-state index contributed by atoms with van der Waals surface area (Å²) in [5, 5.41) is 1.80. The van der Waals surface area contributed by atoms with Crippen LogP contribution < -0.4 is 0 Å². The zero-order valence-electron chi connectivity index (χ0n) is 4.72. The number of allylic oxidation sites excluding steroid dienone is 1. The first-order valence-corrected chi connectivity index (χ1v) is 3.22. The van der Waals surface area contributed by atoms with Gasteiger partial charge in [-0.25, -0.2) is 0 Å². The normalized spacial score (nSPS) is 10.6. The Labute approximate surface area is 51.0 Å². The minimum absolute atomic E-state index is 1.18.